The molecule has 16 heavy (non-hydrogen) atoms. The molecule has 0 aromatic heterocycles. The smallest absolute Gasteiger partial charge is 0.128 e. The van der Waals surface area contributed by atoms with Gasteiger partial charge in [0.1, 0.15) is 11.5 Å². The monoisotopic (exact) mass is 223 g/mol. The Hall–Kier alpha value is -1.22. The van der Waals surface area contributed by atoms with Gasteiger partial charge in [0.25, 0.3) is 0 Å². The van der Waals surface area contributed by atoms with Gasteiger partial charge in [-0.25, -0.2) is 0 Å². The van der Waals surface area contributed by atoms with Gasteiger partial charge in [0.2, 0.25) is 0 Å². The van der Waals surface area contributed by atoms with Crippen molar-refractivity contribution in [3.63, 3.8) is 0 Å². The highest BCUT2D eigenvalue weighted by atomic mass is 16.5. The fourth-order valence-corrected chi connectivity index (χ4v) is 1.82. The quantitative estimate of drug-likeness (QED) is 0.833. The minimum absolute atomic E-state index is 0.215. The molecule has 0 aliphatic rings. The normalized spacial score (nSPS) is 12.3. The lowest BCUT2D eigenvalue weighted by Crippen LogP contribution is -2.15. The van der Waals surface area contributed by atoms with E-state index in [9.17, 15) is 0 Å². The van der Waals surface area contributed by atoms with E-state index in [0.717, 1.165) is 29.9 Å². The Morgan fingerprint density at radius 3 is 2.44 bits per heavy atom. The average molecular weight is 223 g/mol. The molecular formula is C13H21NO2. The van der Waals surface area contributed by atoms with Crippen molar-refractivity contribution < 1.29 is 9.47 Å². The third-order valence-corrected chi connectivity index (χ3v) is 2.73. The highest BCUT2D eigenvalue weighted by Gasteiger charge is 2.11. The van der Waals surface area contributed by atoms with Gasteiger partial charge in [-0.15, -0.1) is 0 Å². The molecule has 90 valence electrons. The second-order valence-electron chi connectivity index (χ2n) is 4.10. The van der Waals surface area contributed by atoms with E-state index >= 15 is 0 Å². The van der Waals surface area contributed by atoms with Crippen LogP contribution in [0.25, 0.3) is 0 Å². The van der Waals surface area contributed by atoms with Crippen LogP contribution in [0.3, 0.4) is 0 Å². The summed E-state index contributed by atoms with van der Waals surface area (Å²) in [5, 5.41) is 0. The Morgan fingerprint density at radius 1 is 1.25 bits per heavy atom. The summed E-state index contributed by atoms with van der Waals surface area (Å²) in [7, 11) is 3.36. The first-order chi connectivity index (χ1) is 7.60. The molecule has 0 spiro atoms. The van der Waals surface area contributed by atoms with E-state index in [2.05, 4.69) is 0 Å². The van der Waals surface area contributed by atoms with E-state index in [0.29, 0.717) is 0 Å². The Labute approximate surface area is 97.6 Å². The molecule has 0 saturated heterocycles. The number of hydrogen-bond acceptors (Lipinski definition) is 3. The van der Waals surface area contributed by atoms with Crippen LogP contribution < -0.4 is 15.2 Å². The molecule has 1 aromatic rings. The van der Waals surface area contributed by atoms with E-state index < -0.39 is 0 Å². The summed E-state index contributed by atoms with van der Waals surface area (Å²) in [6.45, 7) is 4.02. The van der Waals surface area contributed by atoms with Gasteiger partial charge in [0, 0.05) is 11.6 Å². The fraction of sp³-hybridized carbons (Fsp3) is 0.538. The van der Waals surface area contributed by atoms with Crippen LogP contribution in [0.15, 0.2) is 12.1 Å². The Balaban J connectivity index is 2.96. The number of rotatable bonds is 5. The molecular weight excluding hydrogens is 202 g/mol. The van der Waals surface area contributed by atoms with Gasteiger partial charge >= 0.3 is 0 Å². The zero-order valence-corrected chi connectivity index (χ0v) is 10.5. The van der Waals surface area contributed by atoms with Crippen molar-refractivity contribution in [2.75, 3.05) is 14.2 Å². The van der Waals surface area contributed by atoms with Crippen molar-refractivity contribution in [2.24, 2.45) is 5.73 Å². The van der Waals surface area contributed by atoms with Gasteiger partial charge in [-0.2, -0.15) is 0 Å². The number of methoxy groups -OCH3 is 2. The summed E-state index contributed by atoms with van der Waals surface area (Å²) in [6.07, 6.45) is 1.90. The minimum Gasteiger partial charge on any atom is -0.496 e. The van der Waals surface area contributed by atoms with E-state index in [-0.39, 0.29) is 6.04 Å². The number of aryl methyl sites for hydroxylation is 1. The largest absolute Gasteiger partial charge is 0.496 e. The maximum absolute atomic E-state index is 5.76. The van der Waals surface area contributed by atoms with E-state index in [1.54, 1.807) is 14.2 Å². The Bertz CT molecular complexity index is 348. The van der Waals surface area contributed by atoms with Crippen LogP contribution in [0.5, 0.6) is 11.5 Å². The van der Waals surface area contributed by atoms with Gasteiger partial charge < -0.3 is 15.2 Å². The summed E-state index contributed by atoms with van der Waals surface area (Å²) in [5.74, 6) is 1.78. The fourth-order valence-electron chi connectivity index (χ4n) is 1.82. The van der Waals surface area contributed by atoms with Gasteiger partial charge in [0.05, 0.1) is 14.2 Å². The Kier molecular flexibility index (Phi) is 4.62. The molecule has 0 bridgehead atoms. The summed E-state index contributed by atoms with van der Waals surface area (Å²) in [4.78, 5) is 0. The first kappa shape index (κ1) is 12.8. The summed E-state index contributed by atoms with van der Waals surface area (Å²) in [6, 6.07) is 4.24. The molecule has 2 N–H and O–H groups in total. The molecule has 0 aliphatic heterocycles. The molecule has 0 amide bonds. The van der Waals surface area contributed by atoms with Crippen LogP contribution in [0.4, 0.5) is 0 Å². The highest BCUT2D eigenvalue weighted by Crippen LogP contribution is 2.31. The van der Waals surface area contributed by atoms with Crippen LogP contribution in [0, 0.1) is 6.92 Å². The number of benzene rings is 1. The lowest BCUT2D eigenvalue weighted by atomic mass is 10.0. The van der Waals surface area contributed by atoms with Crippen molar-refractivity contribution in [1.82, 2.24) is 0 Å². The predicted octanol–water partition coefficient (Wildman–Crippen LogP) is 2.29. The molecule has 1 rings (SSSR count). The molecule has 1 unspecified atom stereocenters. The van der Waals surface area contributed by atoms with Crippen LogP contribution in [-0.4, -0.2) is 20.3 Å². The topological polar surface area (TPSA) is 44.5 Å². The maximum Gasteiger partial charge on any atom is 0.128 e. The Morgan fingerprint density at radius 2 is 1.94 bits per heavy atom. The van der Waals surface area contributed by atoms with Crippen molar-refractivity contribution in [2.45, 2.75) is 32.7 Å². The summed E-state index contributed by atoms with van der Waals surface area (Å²) >= 11 is 0. The van der Waals surface area contributed by atoms with Gasteiger partial charge in [-0.3, -0.25) is 0 Å². The van der Waals surface area contributed by atoms with Crippen molar-refractivity contribution >= 4 is 0 Å². The molecule has 1 aromatic carbocycles. The lowest BCUT2D eigenvalue weighted by Gasteiger charge is -2.15. The molecule has 3 heteroatoms. The molecule has 0 fully saturated rings. The molecule has 3 nitrogen and oxygen atoms in total. The van der Waals surface area contributed by atoms with Crippen molar-refractivity contribution in [3.05, 3.63) is 23.3 Å². The van der Waals surface area contributed by atoms with Crippen molar-refractivity contribution in [3.8, 4) is 11.5 Å². The van der Waals surface area contributed by atoms with Crippen molar-refractivity contribution in [1.29, 1.82) is 0 Å². The second kappa shape index (κ2) is 5.75. The molecule has 0 aliphatic carbocycles. The maximum atomic E-state index is 5.76. The average Bonchev–Trinajstić information content (AvgIpc) is 2.26. The van der Waals surface area contributed by atoms with Crippen LogP contribution in [0.2, 0.25) is 0 Å². The predicted molar refractivity (Wildman–Crippen MR) is 66.3 cm³/mol. The third kappa shape index (κ3) is 2.89. The highest BCUT2D eigenvalue weighted by molar-refractivity contribution is 5.49. The van der Waals surface area contributed by atoms with E-state index in [1.807, 2.05) is 26.0 Å². The molecule has 0 saturated carbocycles. The SMILES string of the molecule is COc1ccc(CCC(C)N)c(OC)c1C. The molecule has 0 heterocycles. The second-order valence-corrected chi connectivity index (χ2v) is 4.10. The lowest BCUT2D eigenvalue weighted by molar-refractivity contribution is 0.385. The van der Waals surface area contributed by atoms with Gasteiger partial charge in [0.15, 0.2) is 0 Å². The van der Waals surface area contributed by atoms with Gasteiger partial charge in [-0.05, 0) is 38.3 Å². The molecule has 0 radical (unpaired) electrons. The van der Waals surface area contributed by atoms with Gasteiger partial charge in [-0.1, -0.05) is 6.07 Å². The first-order valence-corrected chi connectivity index (χ1v) is 5.56. The zero-order chi connectivity index (χ0) is 12.1. The van der Waals surface area contributed by atoms with Crippen LogP contribution in [-0.2, 0) is 6.42 Å². The first-order valence-electron chi connectivity index (χ1n) is 5.56. The van der Waals surface area contributed by atoms with E-state index in [1.165, 1.54) is 5.56 Å². The molecule has 1 atom stereocenters. The number of ether oxygens (including phenoxy) is 2. The number of hydrogen-bond donors (Lipinski definition) is 1. The third-order valence-electron chi connectivity index (χ3n) is 2.73. The standard InChI is InChI=1S/C13H21NO2/c1-9(14)5-6-11-7-8-12(15-3)10(2)13(11)16-4/h7-9H,5-6,14H2,1-4H3. The summed E-state index contributed by atoms with van der Waals surface area (Å²) < 4.78 is 10.7. The number of nitrogens with two attached hydrogens (primary N) is 1. The van der Waals surface area contributed by atoms with E-state index in [4.69, 9.17) is 15.2 Å². The minimum atomic E-state index is 0.215. The summed E-state index contributed by atoms with van der Waals surface area (Å²) in [5.41, 5.74) is 8.00. The van der Waals surface area contributed by atoms with Crippen LogP contribution in [0.1, 0.15) is 24.5 Å². The zero-order valence-electron chi connectivity index (χ0n) is 10.5. The van der Waals surface area contributed by atoms with Crippen LogP contribution >= 0.6 is 0 Å².